The van der Waals surface area contributed by atoms with E-state index in [4.69, 9.17) is 4.74 Å². The van der Waals surface area contributed by atoms with E-state index in [2.05, 4.69) is 25.7 Å². The van der Waals surface area contributed by atoms with Crippen LogP contribution in [0, 0.1) is 5.92 Å². The van der Waals surface area contributed by atoms with Gasteiger partial charge in [-0.1, -0.05) is 26.0 Å². The van der Waals surface area contributed by atoms with Gasteiger partial charge in [-0.2, -0.15) is 0 Å². The summed E-state index contributed by atoms with van der Waals surface area (Å²) in [5.41, 5.74) is 1.05. The third-order valence-corrected chi connectivity index (χ3v) is 2.88. The average molecular weight is 240 g/mol. The Bertz CT molecular complexity index is 271. The second-order valence-corrected chi connectivity index (χ2v) is 5.00. The van der Waals surface area contributed by atoms with E-state index in [0.29, 0.717) is 32.8 Å². The molecular weight excluding hydrogens is 216 g/mol. The molecule has 0 saturated carbocycles. The Labute approximate surface area is 104 Å². The van der Waals surface area contributed by atoms with Crippen molar-refractivity contribution in [3.05, 3.63) is 12.2 Å². The smallest absolute Gasteiger partial charge is 0.240 e. The fourth-order valence-electron chi connectivity index (χ4n) is 1.87. The van der Waals surface area contributed by atoms with Crippen LogP contribution in [-0.2, 0) is 9.53 Å². The van der Waals surface area contributed by atoms with E-state index in [1.54, 1.807) is 0 Å². The Balaban J connectivity index is 2.55. The van der Waals surface area contributed by atoms with E-state index in [1.807, 2.05) is 11.8 Å². The number of nitrogens with one attached hydrogen (secondary N) is 1. The van der Waals surface area contributed by atoms with Gasteiger partial charge in [0, 0.05) is 19.6 Å². The second-order valence-electron chi connectivity index (χ2n) is 5.00. The molecule has 0 aromatic carbocycles. The maximum Gasteiger partial charge on any atom is 0.240 e. The van der Waals surface area contributed by atoms with Gasteiger partial charge >= 0.3 is 0 Å². The standard InChI is InChI=1S/C13H24N2O2/c1-10(2)9-14-12(11(3)4)13(16)15-5-7-17-8-6-15/h11-12,14H,1,5-9H2,2-4H3/t12-/m1/s1. The molecule has 1 N–H and O–H groups in total. The highest BCUT2D eigenvalue weighted by molar-refractivity contribution is 5.82. The minimum atomic E-state index is -0.121. The van der Waals surface area contributed by atoms with Gasteiger partial charge in [0.2, 0.25) is 5.91 Å². The van der Waals surface area contributed by atoms with Crippen molar-refractivity contribution in [1.82, 2.24) is 10.2 Å². The summed E-state index contributed by atoms with van der Waals surface area (Å²) in [6, 6.07) is -0.121. The molecule has 17 heavy (non-hydrogen) atoms. The maximum absolute atomic E-state index is 12.3. The van der Waals surface area contributed by atoms with Crippen molar-refractivity contribution in [1.29, 1.82) is 0 Å². The normalized spacial score (nSPS) is 18.2. The zero-order valence-electron chi connectivity index (χ0n) is 11.2. The summed E-state index contributed by atoms with van der Waals surface area (Å²) >= 11 is 0. The molecule has 0 radical (unpaired) electrons. The van der Waals surface area contributed by atoms with Crippen LogP contribution in [-0.4, -0.2) is 49.7 Å². The predicted molar refractivity (Wildman–Crippen MR) is 68.8 cm³/mol. The Kier molecular flexibility index (Phi) is 5.65. The summed E-state index contributed by atoms with van der Waals surface area (Å²) in [5.74, 6) is 0.467. The molecule has 1 heterocycles. The van der Waals surface area contributed by atoms with Crippen LogP contribution in [0.15, 0.2) is 12.2 Å². The first-order chi connectivity index (χ1) is 8.02. The van der Waals surface area contributed by atoms with E-state index in [-0.39, 0.29) is 17.9 Å². The van der Waals surface area contributed by atoms with E-state index in [1.165, 1.54) is 0 Å². The number of rotatable bonds is 5. The van der Waals surface area contributed by atoms with Gasteiger partial charge in [-0.05, 0) is 12.8 Å². The molecular formula is C13H24N2O2. The number of hydrogen-bond donors (Lipinski definition) is 1. The zero-order chi connectivity index (χ0) is 12.8. The first-order valence-electron chi connectivity index (χ1n) is 6.26. The minimum absolute atomic E-state index is 0.121. The largest absolute Gasteiger partial charge is 0.378 e. The minimum Gasteiger partial charge on any atom is -0.378 e. The lowest BCUT2D eigenvalue weighted by Crippen LogP contribution is -2.52. The Hall–Kier alpha value is -0.870. The monoisotopic (exact) mass is 240 g/mol. The fraction of sp³-hybridized carbons (Fsp3) is 0.769. The highest BCUT2D eigenvalue weighted by atomic mass is 16.5. The third kappa shape index (κ3) is 4.48. The number of nitrogens with zero attached hydrogens (tertiary/aromatic N) is 1. The lowest BCUT2D eigenvalue weighted by atomic mass is 10.0. The highest BCUT2D eigenvalue weighted by Crippen LogP contribution is 2.08. The summed E-state index contributed by atoms with van der Waals surface area (Å²) in [7, 11) is 0. The van der Waals surface area contributed by atoms with Gasteiger partial charge in [0.1, 0.15) is 0 Å². The molecule has 1 aliphatic heterocycles. The molecule has 0 spiro atoms. The van der Waals surface area contributed by atoms with Gasteiger partial charge in [-0.15, -0.1) is 0 Å². The van der Waals surface area contributed by atoms with Gasteiger partial charge in [0.25, 0.3) is 0 Å². The number of amides is 1. The van der Waals surface area contributed by atoms with E-state index in [0.717, 1.165) is 5.57 Å². The zero-order valence-corrected chi connectivity index (χ0v) is 11.2. The summed E-state index contributed by atoms with van der Waals surface area (Å²) in [5, 5.41) is 3.28. The molecule has 0 aromatic rings. The van der Waals surface area contributed by atoms with Crippen molar-refractivity contribution < 1.29 is 9.53 Å². The van der Waals surface area contributed by atoms with Crippen molar-refractivity contribution in [3.63, 3.8) is 0 Å². The van der Waals surface area contributed by atoms with Crippen LogP contribution < -0.4 is 5.32 Å². The van der Waals surface area contributed by atoms with Crippen molar-refractivity contribution in [2.45, 2.75) is 26.8 Å². The lowest BCUT2D eigenvalue weighted by Gasteiger charge is -2.32. The van der Waals surface area contributed by atoms with E-state index >= 15 is 0 Å². The number of carbonyl (C=O) groups excluding carboxylic acids is 1. The summed E-state index contributed by atoms with van der Waals surface area (Å²) in [6.07, 6.45) is 0. The summed E-state index contributed by atoms with van der Waals surface area (Å²) < 4.78 is 5.26. The van der Waals surface area contributed by atoms with Crippen molar-refractivity contribution >= 4 is 5.91 Å². The van der Waals surface area contributed by atoms with Gasteiger partial charge in [0.15, 0.2) is 0 Å². The molecule has 1 atom stereocenters. The molecule has 0 unspecified atom stereocenters. The van der Waals surface area contributed by atoms with Crippen LogP contribution in [0.1, 0.15) is 20.8 Å². The van der Waals surface area contributed by atoms with Crippen LogP contribution in [0.5, 0.6) is 0 Å². The summed E-state index contributed by atoms with van der Waals surface area (Å²) in [6.45, 7) is 13.3. The molecule has 0 aromatic heterocycles. The predicted octanol–water partition coefficient (Wildman–Crippen LogP) is 1.04. The highest BCUT2D eigenvalue weighted by Gasteiger charge is 2.27. The molecule has 4 heteroatoms. The van der Waals surface area contributed by atoms with Crippen LogP contribution in [0.3, 0.4) is 0 Å². The van der Waals surface area contributed by atoms with Crippen LogP contribution in [0.4, 0.5) is 0 Å². The molecule has 4 nitrogen and oxygen atoms in total. The Morgan fingerprint density at radius 2 is 2.00 bits per heavy atom. The van der Waals surface area contributed by atoms with E-state index < -0.39 is 0 Å². The second kappa shape index (κ2) is 6.77. The molecule has 1 fully saturated rings. The van der Waals surface area contributed by atoms with Crippen LogP contribution >= 0.6 is 0 Å². The van der Waals surface area contributed by atoms with Crippen molar-refractivity contribution in [2.24, 2.45) is 5.92 Å². The van der Waals surface area contributed by atoms with E-state index in [9.17, 15) is 4.79 Å². The molecule has 1 aliphatic rings. The fourth-order valence-corrected chi connectivity index (χ4v) is 1.87. The van der Waals surface area contributed by atoms with Gasteiger partial charge in [-0.3, -0.25) is 4.79 Å². The van der Waals surface area contributed by atoms with Crippen molar-refractivity contribution in [2.75, 3.05) is 32.8 Å². The molecule has 1 rings (SSSR count). The number of ether oxygens (including phenoxy) is 1. The Morgan fingerprint density at radius 1 is 1.41 bits per heavy atom. The molecule has 1 saturated heterocycles. The quantitative estimate of drug-likeness (QED) is 0.730. The lowest BCUT2D eigenvalue weighted by molar-refractivity contribution is -0.138. The molecule has 0 aliphatic carbocycles. The van der Waals surface area contributed by atoms with Gasteiger partial charge < -0.3 is 15.0 Å². The molecule has 0 bridgehead atoms. The SMILES string of the molecule is C=C(C)CN[C@@H](C(=O)N1CCOCC1)C(C)C. The number of morpholine rings is 1. The van der Waals surface area contributed by atoms with Crippen molar-refractivity contribution in [3.8, 4) is 0 Å². The number of hydrogen-bond acceptors (Lipinski definition) is 3. The maximum atomic E-state index is 12.3. The first-order valence-corrected chi connectivity index (χ1v) is 6.26. The average Bonchev–Trinajstić information content (AvgIpc) is 2.29. The van der Waals surface area contributed by atoms with Crippen LogP contribution in [0.2, 0.25) is 0 Å². The summed E-state index contributed by atoms with van der Waals surface area (Å²) in [4.78, 5) is 14.2. The van der Waals surface area contributed by atoms with Crippen LogP contribution in [0.25, 0.3) is 0 Å². The topological polar surface area (TPSA) is 41.6 Å². The first kappa shape index (κ1) is 14.2. The third-order valence-electron chi connectivity index (χ3n) is 2.88. The van der Waals surface area contributed by atoms with Gasteiger partial charge in [0.05, 0.1) is 19.3 Å². The molecule has 98 valence electrons. The molecule has 1 amide bonds. The number of carbonyl (C=O) groups is 1. The van der Waals surface area contributed by atoms with Gasteiger partial charge in [-0.25, -0.2) is 0 Å². The Morgan fingerprint density at radius 3 is 2.47 bits per heavy atom.